The molecule has 0 aliphatic heterocycles. The van der Waals surface area contributed by atoms with Gasteiger partial charge in [-0.05, 0) is 39.7 Å². The Kier molecular flexibility index (Phi) is 5.28. The average molecular weight is 383 g/mol. The maximum absolute atomic E-state index is 13.1. The van der Waals surface area contributed by atoms with E-state index in [4.69, 9.17) is 10.1 Å². The van der Waals surface area contributed by atoms with Gasteiger partial charge in [-0.2, -0.15) is 5.10 Å². The minimum absolute atomic E-state index is 0.0972. The van der Waals surface area contributed by atoms with E-state index < -0.39 is 0 Å². The van der Waals surface area contributed by atoms with Crippen LogP contribution < -0.4 is 5.32 Å². The average Bonchev–Trinajstić information content (AvgIpc) is 3.17. The predicted octanol–water partition coefficient (Wildman–Crippen LogP) is 3.32. The number of pyridine rings is 1. The number of nitrogens with zero attached hydrogens (tertiary/aromatic N) is 5. The number of rotatable bonds is 5. The van der Waals surface area contributed by atoms with Gasteiger partial charge in [-0.1, -0.05) is 13.8 Å². The van der Waals surface area contributed by atoms with E-state index in [9.17, 15) is 4.79 Å². The minimum Gasteiger partial charge on any atom is -0.352 e. The fraction of sp³-hybridized carbons (Fsp3) is 0.524. The third-order valence-electron chi connectivity index (χ3n) is 4.86. The van der Waals surface area contributed by atoms with Gasteiger partial charge in [-0.15, -0.1) is 0 Å². The molecular weight excluding hydrogens is 352 g/mol. The van der Waals surface area contributed by atoms with Crippen molar-refractivity contribution in [2.24, 2.45) is 7.05 Å². The summed E-state index contributed by atoms with van der Waals surface area (Å²) >= 11 is 0. The molecule has 3 rings (SSSR count). The number of carbonyl (C=O) groups excluding carboxylic acids is 1. The summed E-state index contributed by atoms with van der Waals surface area (Å²) in [5, 5.41) is 8.57. The molecule has 0 bridgehead atoms. The summed E-state index contributed by atoms with van der Waals surface area (Å²) in [6, 6.07) is 1.91. The van der Waals surface area contributed by atoms with E-state index in [-0.39, 0.29) is 17.4 Å². The maximum atomic E-state index is 13.1. The molecule has 7 heteroatoms. The lowest BCUT2D eigenvalue weighted by molar-refractivity contribution is 0.0955. The quantitative estimate of drug-likeness (QED) is 0.734. The van der Waals surface area contributed by atoms with Crippen LogP contribution in [0.2, 0.25) is 0 Å². The van der Waals surface area contributed by atoms with Gasteiger partial charge in [0.05, 0.1) is 22.2 Å². The third kappa shape index (κ3) is 3.79. The predicted molar refractivity (Wildman–Crippen MR) is 111 cm³/mol. The summed E-state index contributed by atoms with van der Waals surface area (Å²) < 4.78 is 3.89. The molecule has 0 spiro atoms. The van der Waals surface area contributed by atoms with Gasteiger partial charge in [-0.3, -0.25) is 4.79 Å². The zero-order valence-corrected chi connectivity index (χ0v) is 17.9. The number of hydrogen-bond donors (Lipinski definition) is 1. The fourth-order valence-corrected chi connectivity index (χ4v) is 3.27. The Bertz CT molecular complexity index is 1010. The Balaban J connectivity index is 1.97. The number of aryl methyl sites for hydroxylation is 2. The highest BCUT2D eigenvalue weighted by molar-refractivity contribution is 6.06. The standard InChI is InChI=1S/C21H30N6O/c1-13(2)16-12-15(20(28)23-9-8-17-22-10-11-26(17)7)18-14(3)25-27(19(18)24-16)21(4,5)6/h10-13H,8-9H2,1-7H3,(H,23,28). The molecule has 0 radical (unpaired) electrons. The van der Waals surface area contributed by atoms with Gasteiger partial charge in [0.25, 0.3) is 5.91 Å². The monoisotopic (exact) mass is 382 g/mol. The molecule has 150 valence electrons. The first-order valence-corrected chi connectivity index (χ1v) is 9.74. The van der Waals surface area contributed by atoms with Crippen molar-refractivity contribution in [2.45, 2.75) is 59.4 Å². The number of carbonyl (C=O) groups is 1. The number of aromatic nitrogens is 5. The Labute approximate surface area is 166 Å². The van der Waals surface area contributed by atoms with Gasteiger partial charge in [0.15, 0.2) is 5.65 Å². The van der Waals surface area contributed by atoms with Crippen LogP contribution >= 0.6 is 0 Å². The smallest absolute Gasteiger partial charge is 0.252 e. The molecule has 3 heterocycles. The number of imidazole rings is 1. The lowest BCUT2D eigenvalue weighted by Gasteiger charge is -2.20. The Hall–Kier alpha value is -2.70. The van der Waals surface area contributed by atoms with Gasteiger partial charge in [0.2, 0.25) is 0 Å². The number of hydrogen-bond acceptors (Lipinski definition) is 4. The highest BCUT2D eigenvalue weighted by Gasteiger charge is 2.25. The molecule has 0 atom stereocenters. The summed E-state index contributed by atoms with van der Waals surface area (Å²) in [5.41, 5.74) is 2.90. The van der Waals surface area contributed by atoms with Gasteiger partial charge in [0.1, 0.15) is 5.82 Å². The first kappa shape index (κ1) is 20.0. The van der Waals surface area contributed by atoms with E-state index in [2.05, 4.69) is 44.9 Å². The van der Waals surface area contributed by atoms with E-state index in [1.165, 1.54) is 0 Å². The summed E-state index contributed by atoms with van der Waals surface area (Å²) in [6.07, 6.45) is 4.35. The minimum atomic E-state index is -0.221. The number of nitrogens with one attached hydrogen (secondary N) is 1. The van der Waals surface area contributed by atoms with Crippen LogP contribution in [0.25, 0.3) is 11.0 Å². The zero-order valence-electron chi connectivity index (χ0n) is 17.9. The van der Waals surface area contributed by atoms with E-state index in [0.29, 0.717) is 18.5 Å². The molecule has 28 heavy (non-hydrogen) atoms. The second-order valence-corrected chi connectivity index (χ2v) is 8.58. The van der Waals surface area contributed by atoms with Crippen molar-refractivity contribution < 1.29 is 4.79 Å². The summed E-state index contributed by atoms with van der Waals surface area (Å²) in [6.45, 7) is 12.9. The van der Waals surface area contributed by atoms with E-state index >= 15 is 0 Å². The molecule has 0 aromatic carbocycles. The molecule has 3 aromatic heterocycles. The van der Waals surface area contributed by atoms with Crippen LogP contribution in [-0.4, -0.2) is 36.8 Å². The molecule has 1 amide bonds. The second kappa shape index (κ2) is 7.37. The highest BCUT2D eigenvalue weighted by atomic mass is 16.1. The Morgan fingerprint density at radius 2 is 2.00 bits per heavy atom. The molecule has 7 nitrogen and oxygen atoms in total. The molecule has 0 fully saturated rings. The molecule has 0 saturated carbocycles. The number of amides is 1. The van der Waals surface area contributed by atoms with Gasteiger partial charge in [-0.25, -0.2) is 14.6 Å². The van der Waals surface area contributed by atoms with Gasteiger partial charge < -0.3 is 9.88 Å². The van der Waals surface area contributed by atoms with Crippen molar-refractivity contribution in [3.05, 3.63) is 41.2 Å². The van der Waals surface area contributed by atoms with Crippen LogP contribution in [0.5, 0.6) is 0 Å². The zero-order chi connectivity index (χ0) is 20.6. The lowest BCUT2D eigenvalue weighted by Crippen LogP contribution is -2.27. The molecular formula is C21H30N6O. The molecule has 0 aliphatic rings. The van der Waals surface area contributed by atoms with Crippen LogP contribution in [0.15, 0.2) is 18.5 Å². The molecule has 0 saturated heterocycles. The number of fused-ring (bicyclic) bond motifs is 1. The summed E-state index contributed by atoms with van der Waals surface area (Å²) in [7, 11) is 1.95. The van der Waals surface area contributed by atoms with Crippen LogP contribution in [0.3, 0.4) is 0 Å². The molecule has 0 unspecified atom stereocenters. The summed E-state index contributed by atoms with van der Waals surface area (Å²) in [4.78, 5) is 22.2. The van der Waals surface area contributed by atoms with Gasteiger partial charge >= 0.3 is 0 Å². The van der Waals surface area contributed by atoms with E-state index in [1.54, 1.807) is 6.20 Å². The SMILES string of the molecule is Cc1nn(C(C)(C)C)c2nc(C(C)C)cc(C(=O)NCCc3nccn3C)c12. The Morgan fingerprint density at radius 3 is 2.57 bits per heavy atom. The first-order chi connectivity index (χ1) is 13.1. The van der Waals surface area contributed by atoms with Crippen molar-refractivity contribution in [1.82, 2.24) is 29.6 Å². The van der Waals surface area contributed by atoms with Crippen molar-refractivity contribution in [3.8, 4) is 0 Å². The Morgan fingerprint density at radius 1 is 1.29 bits per heavy atom. The van der Waals surface area contributed by atoms with E-state index in [1.807, 2.05) is 35.5 Å². The lowest BCUT2D eigenvalue weighted by atomic mass is 10.0. The van der Waals surface area contributed by atoms with Crippen molar-refractivity contribution >= 4 is 16.9 Å². The van der Waals surface area contributed by atoms with Crippen molar-refractivity contribution in [2.75, 3.05) is 6.54 Å². The highest BCUT2D eigenvalue weighted by Crippen LogP contribution is 2.28. The van der Waals surface area contributed by atoms with Crippen LogP contribution in [-0.2, 0) is 19.0 Å². The largest absolute Gasteiger partial charge is 0.352 e. The molecule has 0 aliphatic carbocycles. The normalized spacial score (nSPS) is 12.1. The van der Waals surface area contributed by atoms with Gasteiger partial charge in [0, 0.05) is 38.1 Å². The third-order valence-corrected chi connectivity index (χ3v) is 4.86. The van der Waals surface area contributed by atoms with Crippen molar-refractivity contribution in [3.63, 3.8) is 0 Å². The van der Waals surface area contributed by atoms with E-state index in [0.717, 1.165) is 28.2 Å². The van der Waals surface area contributed by atoms with Crippen LogP contribution in [0, 0.1) is 6.92 Å². The fourth-order valence-electron chi connectivity index (χ4n) is 3.27. The summed E-state index contributed by atoms with van der Waals surface area (Å²) in [5.74, 6) is 1.06. The maximum Gasteiger partial charge on any atom is 0.252 e. The van der Waals surface area contributed by atoms with Crippen LogP contribution in [0.4, 0.5) is 0 Å². The molecule has 1 N–H and O–H groups in total. The second-order valence-electron chi connectivity index (χ2n) is 8.58. The first-order valence-electron chi connectivity index (χ1n) is 9.74. The topological polar surface area (TPSA) is 77.6 Å². The molecule has 3 aromatic rings. The van der Waals surface area contributed by atoms with Crippen molar-refractivity contribution in [1.29, 1.82) is 0 Å². The van der Waals surface area contributed by atoms with Crippen LogP contribution in [0.1, 0.15) is 68.1 Å².